The van der Waals surface area contributed by atoms with Crippen molar-refractivity contribution in [2.24, 2.45) is 0 Å². The van der Waals surface area contributed by atoms with Crippen molar-refractivity contribution < 1.29 is 13.2 Å². The summed E-state index contributed by atoms with van der Waals surface area (Å²) in [5.74, 6) is 0. The lowest BCUT2D eigenvalue weighted by molar-refractivity contribution is -0.00523. The molecule has 2 aromatic rings. The third kappa shape index (κ3) is 5.12. The lowest BCUT2D eigenvalue weighted by Gasteiger charge is -2.38. The van der Waals surface area contributed by atoms with Crippen LogP contribution in [0.15, 0.2) is 34.1 Å². The van der Waals surface area contributed by atoms with E-state index in [4.69, 9.17) is 4.74 Å². The molecule has 3 aliphatic rings. The van der Waals surface area contributed by atoms with Crippen molar-refractivity contribution in [1.29, 1.82) is 0 Å². The van der Waals surface area contributed by atoms with Crippen molar-refractivity contribution >= 4 is 67.6 Å². The molecular weight excluding hydrogens is 597 g/mol. The quantitative estimate of drug-likeness (QED) is 0.327. The standard InChI is InChI=1S/C24H32IN5O3S2/c1-15-9-19(28-5-7-30(8-6-28)35(31,32)27-25)11-21-23(15)26-24-16(2)10-20(12-22(24)34-21)29-13-17(3)33-18(4)14-29/h9-12,17-18,26-27H,5-8,13-14H2,1-4H3/t17-,18-/m1/s1. The summed E-state index contributed by atoms with van der Waals surface area (Å²) in [5, 5.41) is 3.71. The fourth-order valence-corrected chi connectivity index (χ4v) is 7.99. The Balaban J connectivity index is 1.39. The average molecular weight is 630 g/mol. The molecule has 0 spiro atoms. The number of morpholine rings is 1. The van der Waals surface area contributed by atoms with E-state index in [1.807, 2.05) is 11.8 Å². The number of fused-ring (bicyclic) bond motifs is 2. The van der Waals surface area contributed by atoms with E-state index in [-0.39, 0.29) is 12.2 Å². The number of hydrogen-bond donors (Lipinski definition) is 2. The molecule has 0 aliphatic carbocycles. The third-order valence-corrected chi connectivity index (χ3v) is 10.9. The zero-order valence-electron chi connectivity index (χ0n) is 20.5. The van der Waals surface area contributed by atoms with Gasteiger partial charge in [0.05, 0.1) is 23.6 Å². The summed E-state index contributed by atoms with van der Waals surface area (Å²) in [5.41, 5.74) is 7.16. The largest absolute Gasteiger partial charge is 0.372 e. The van der Waals surface area contributed by atoms with Crippen molar-refractivity contribution in [2.75, 3.05) is 54.4 Å². The Bertz CT molecular complexity index is 1220. The number of nitrogens with zero attached hydrogens (tertiary/aromatic N) is 3. The maximum atomic E-state index is 12.1. The highest BCUT2D eigenvalue weighted by Gasteiger charge is 2.29. The fourth-order valence-electron chi connectivity index (χ4n) is 5.19. The summed E-state index contributed by atoms with van der Waals surface area (Å²) in [7, 11) is -3.39. The molecule has 35 heavy (non-hydrogen) atoms. The minimum Gasteiger partial charge on any atom is -0.372 e. The molecule has 2 aromatic carbocycles. The molecule has 0 unspecified atom stereocenters. The van der Waals surface area contributed by atoms with Gasteiger partial charge >= 0.3 is 0 Å². The molecule has 0 amide bonds. The van der Waals surface area contributed by atoms with E-state index >= 15 is 0 Å². The van der Waals surface area contributed by atoms with Crippen LogP contribution in [0.5, 0.6) is 0 Å². The number of anilines is 4. The molecule has 5 rings (SSSR count). The number of benzene rings is 2. The first-order chi connectivity index (χ1) is 16.6. The van der Waals surface area contributed by atoms with Crippen LogP contribution in [0.3, 0.4) is 0 Å². The molecule has 0 radical (unpaired) electrons. The van der Waals surface area contributed by atoms with E-state index in [1.165, 1.54) is 36.6 Å². The van der Waals surface area contributed by atoms with Crippen molar-refractivity contribution in [3.05, 3.63) is 35.4 Å². The number of aryl methyl sites for hydroxylation is 2. The summed E-state index contributed by atoms with van der Waals surface area (Å²) in [6.45, 7) is 12.7. The molecule has 2 N–H and O–H groups in total. The minimum absolute atomic E-state index is 0.218. The Morgan fingerprint density at radius 2 is 1.43 bits per heavy atom. The van der Waals surface area contributed by atoms with Gasteiger partial charge in [0.15, 0.2) is 0 Å². The molecular formula is C24H32IN5O3S2. The van der Waals surface area contributed by atoms with Gasteiger partial charge in [-0.1, -0.05) is 11.8 Å². The van der Waals surface area contributed by atoms with E-state index in [0.717, 1.165) is 24.5 Å². The maximum absolute atomic E-state index is 12.1. The molecule has 3 aliphatic heterocycles. The molecule has 8 nitrogen and oxygen atoms in total. The number of nitrogens with one attached hydrogen (secondary N) is 2. The second-order valence-corrected chi connectivity index (χ2v) is 13.7. The van der Waals surface area contributed by atoms with Crippen LogP contribution in [0.1, 0.15) is 25.0 Å². The van der Waals surface area contributed by atoms with Crippen LogP contribution in [0.4, 0.5) is 22.7 Å². The fraction of sp³-hybridized carbons (Fsp3) is 0.500. The van der Waals surface area contributed by atoms with Crippen LogP contribution >= 0.6 is 34.6 Å². The minimum atomic E-state index is -3.39. The molecule has 2 atom stereocenters. The lowest BCUT2D eigenvalue weighted by Crippen LogP contribution is -2.50. The molecule has 2 saturated heterocycles. The van der Waals surface area contributed by atoms with Gasteiger partial charge in [0, 0.05) is 83.3 Å². The topological polar surface area (TPSA) is 77.2 Å². The van der Waals surface area contributed by atoms with Gasteiger partial charge in [-0.05, 0) is 63.1 Å². The molecule has 0 saturated carbocycles. The van der Waals surface area contributed by atoms with Gasteiger partial charge in [0.2, 0.25) is 0 Å². The summed E-state index contributed by atoms with van der Waals surface area (Å²) < 4.78 is 34.1. The van der Waals surface area contributed by atoms with Crippen molar-refractivity contribution in [3.8, 4) is 0 Å². The molecule has 3 heterocycles. The molecule has 0 bridgehead atoms. The Morgan fingerprint density at radius 1 is 0.914 bits per heavy atom. The molecule has 190 valence electrons. The Kier molecular flexibility index (Phi) is 7.18. The Labute approximate surface area is 226 Å². The molecule has 0 aromatic heterocycles. The van der Waals surface area contributed by atoms with Crippen molar-refractivity contribution in [1.82, 2.24) is 7.24 Å². The highest BCUT2D eigenvalue weighted by molar-refractivity contribution is 14.1. The summed E-state index contributed by atoms with van der Waals surface area (Å²) in [4.78, 5) is 7.15. The van der Waals surface area contributed by atoms with Gasteiger partial charge in [-0.15, -0.1) is 2.94 Å². The monoisotopic (exact) mass is 629 g/mol. The van der Waals surface area contributed by atoms with Crippen LogP contribution < -0.4 is 18.1 Å². The lowest BCUT2D eigenvalue weighted by atomic mass is 10.1. The highest BCUT2D eigenvalue weighted by Crippen LogP contribution is 2.49. The number of piperazine rings is 1. The number of halogens is 1. The first-order valence-corrected chi connectivity index (χ1v) is 15.2. The van der Waals surface area contributed by atoms with Crippen LogP contribution in [0, 0.1) is 13.8 Å². The predicted molar refractivity (Wildman–Crippen MR) is 152 cm³/mol. The normalized spacial score (nSPS) is 23.0. The van der Waals surface area contributed by atoms with E-state index < -0.39 is 10.2 Å². The summed E-state index contributed by atoms with van der Waals surface area (Å²) >= 11 is 3.50. The number of rotatable bonds is 4. The van der Waals surface area contributed by atoms with Crippen molar-refractivity contribution in [3.63, 3.8) is 0 Å². The van der Waals surface area contributed by atoms with Gasteiger partial charge in [-0.2, -0.15) is 12.7 Å². The van der Waals surface area contributed by atoms with Crippen LogP contribution in [-0.2, 0) is 14.9 Å². The average Bonchev–Trinajstić information content (AvgIpc) is 2.82. The molecule has 11 heteroatoms. The summed E-state index contributed by atoms with van der Waals surface area (Å²) in [6, 6.07) is 9.03. The van der Waals surface area contributed by atoms with E-state index in [1.54, 1.807) is 22.9 Å². The second kappa shape index (κ2) is 9.90. The van der Waals surface area contributed by atoms with Gasteiger partial charge in [-0.3, -0.25) is 0 Å². The van der Waals surface area contributed by atoms with Crippen LogP contribution in [0.25, 0.3) is 0 Å². The van der Waals surface area contributed by atoms with E-state index in [2.05, 4.69) is 70.0 Å². The van der Waals surface area contributed by atoms with Gasteiger partial charge in [0.1, 0.15) is 0 Å². The number of ether oxygens (including phenoxy) is 1. The van der Waals surface area contributed by atoms with Gasteiger partial charge in [0.25, 0.3) is 10.2 Å². The predicted octanol–water partition coefficient (Wildman–Crippen LogP) is 4.43. The first-order valence-electron chi connectivity index (χ1n) is 11.9. The highest BCUT2D eigenvalue weighted by atomic mass is 127. The second-order valence-electron chi connectivity index (χ2n) is 9.63. The van der Waals surface area contributed by atoms with Crippen LogP contribution in [0.2, 0.25) is 0 Å². The first kappa shape index (κ1) is 25.4. The van der Waals surface area contributed by atoms with Crippen LogP contribution in [-0.4, -0.2) is 64.2 Å². The number of hydrogen-bond acceptors (Lipinski definition) is 7. The maximum Gasteiger partial charge on any atom is 0.288 e. The summed E-state index contributed by atoms with van der Waals surface area (Å²) in [6.07, 6.45) is 0.435. The van der Waals surface area contributed by atoms with Gasteiger partial charge in [-0.25, -0.2) is 0 Å². The zero-order valence-corrected chi connectivity index (χ0v) is 24.3. The van der Waals surface area contributed by atoms with E-state index in [9.17, 15) is 8.42 Å². The Hall–Kier alpha value is -1.25. The zero-order chi connectivity index (χ0) is 24.9. The van der Waals surface area contributed by atoms with Gasteiger partial charge < -0.3 is 19.9 Å². The third-order valence-electron chi connectivity index (χ3n) is 6.86. The smallest absolute Gasteiger partial charge is 0.288 e. The van der Waals surface area contributed by atoms with E-state index in [0.29, 0.717) is 26.2 Å². The SMILES string of the molecule is Cc1cc(N2CCN(S(=O)(=O)NI)CC2)cc2c1Nc1c(C)cc(N3C[C@@H](C)O[C@H](C)C3)cc1S2. The van der Waals surface area contributed by atoms with Crippen molar-refractivity contribution in [2.45, 2.75) is 49.7 Å². The molecule has 2 fully saturated rings. The Morgan fingerprint density at radius 3 is 1.94 bits per heavy atom.